The predicted molar refractivity (Wildman–Crippen MR) is 102 cm³/mol. The third kappa shape index (κ3) is 3.53. The van der Waals surface area contributed by atoms with Gasteiger partial charge in [-0.05, 0) is 40.2 Å². The van der Waals surface area contributed by atoms with Crippen LogP contribution in [0, 0.1) is 0 Å². The molecular formula is C19H15BrN2O6. The molecule has 0 saturated carbocycles. The number of halogens is 1. The number of benzene rings is 1. The van der Waals surface area contributed by atoms with Crippen molar-refractivity contribution in [2.24, 2.45) is 0 Å². The maximum absolute atomic E-state index is 12.5. The summed E-state index contributed by atoms with van der Waals surface area (Å²) >= 11 is 3.31. The van der Waals surface area contributed by atoms with Crippen molar-refractivity contribution in [2.45, 2.75) is 6.61 Å². The van der Waals surface area contributed by atoms with Gasteiger partial charge in [0.1, 0.15) is 25.5 Å². The standard InChI is InChI=1S/C19H15BrN2O6/c1-25-14-6-11(7-15-18(14)27-5-4-26-15)19(24)28-10-13-8-17(23)22-9-12(20)2-3-16(22)21-13/h2-3,6-9H,4-5,10H2,1H3. The highest BCUT2D eigenvalue weighted by atomic mass is 79.9. The molecule has 9 heteroatoms. The molecule has 1 aliphatic rings. The average Bonchev–Trinajstić information content (AvgIpc) is 2.71. The van der Waals surface area contributed by atoms with Crippen LogP contribution in [0.2, 0.25) is 0 Å². The lowest BCUT2D eigenvalue weighted by Crippen LogP contribution is -2.18. The number of carbonyl (C=O) groups excluding carboxylic acids is 1. The van der Waals surface area contributed by atoms with Gasteiger partial charge in [0.15, 0.2) is 11.5 Å². The zero-order valence-corrected chi connectivity index (χ0v) is 16.4. The normalized spacial score (nSPS) is 12.6. The van der Waals surface area contributed by atoms with Crippen LogP contribution in [0.5, 0.6) is 17.2 Å². The zero-order valence-electron chi connectivity index (χ0n) is 14.8. The van der Waals surface area contributed by atoms with Crippen LogP contribution in [0.4, 0.5) is 0 Å². The van der Waals surface area contributed by atoms with Crippen molar-refractivity contribution in [3.63, 3.8) is 0 Å². The molecule has 4 rings (SSSR count). The molecule has 0 N–H and O–H groups in total. The number of esters is 1. The lowest BCUT2D eigenvalue weighted by atomic mass is 10.1. The molecule has 28 heavy (non-hydrogen) atoms. The molecule has 144 valence electrons. The van der Waals surface area contributed by atoms with Gasteiger partial charge in [-0.15, -0.1) is 0 Å². The van der Waals surface area contributed by atoms with E-state index in [1.54, 1.807) is 24.4 Å². The number of hydrogen-bond donors (Lipinski definition) is 0. The molecule has 0 fully saturated rings. The average molecular weight is 447 g/mol. The molecule has 0 aliphatic carbocycles. The van der Waals surface area contributed by atoms with Crippen LogP contribution in [0.3, 0.4) is 0 Å². The van der Waals surface area contributed by atoms with Crippen LogP contribution >= 0.6 is 15.9 Å². The van der Waals surface area contributed by atoms with Gasteiger partial charge >= 0.3 is 5.97 Å². The number of hydrogen-bond acceptors (Lipinski definition) is 7. The molecule has 0 amide bonds. The van der Waals surface area contributed by atoms with Crippen molar-refractivity contribution in [1.82, 2.24) is 9.38 Å². The van der Waals surface area contributed by atoms with E-state index in [4.69, 9.17) is 18.9 Å². The van der Waals surface area contributed by atoms with E-state index in [9.17, 15) is 9.59 Å². The first-order chi connectivity index (χ1) is 13.5. The summed E-state index contributed by atoms with van der Waals surface area (Å²) in [5, 5.41) is 0. The van der Waals surface area contributed by atoms with Crippen molar-refractivity contribution in [3.05, 3.63) is 62.6 Å². The van der Waals surface area contributed by atoms with Gasteiger partial charge in [0.05, 0.1) is 18.4 Å². The van der Waals surface area contributed by atoms with E-state index in [0.29, 0.717) is 41.8 Å². The topological polar surface area (TPSA) is 88.4 Å². The molecule has 3 heterocycles. The zero-order chi connectivity index (χ0) is 19.7. The van der Waals surface area contributed by atoms with Gasteiger partial charge in [-0.25, -0.2) is 9.78 Å². The molecule has 2 aromatic heterocycles. The number of pyridine rings is 1. The molecule has 8 nitrogen and oxygen atoms in total. The van der Waals surface area contributed by atoms with E-state index in [0.717, 1.165) is 4.47 Å². The Hall–Kier alpha value is -3.07. The van der Waals surface area contributed by atoms with Gasteiger partial charge in [-0.1, -0.05) is 0 Å². The lowest BCUT2D eigenvalue weighted by molar-refractivity contribution is 0.0466. The van der Waals surface area contributed by atoms with E-state index in [2.05, 4.69) is 20.9 Å². The van der Waals surface area contributed by atoms with Crippen molar-refractivity contribution in [3.8, 4) is 17.2 Å². The first kappa shape index (κ1) is 18.3. The number of carbonyl (C=O) groups is 1. The number of nitrogens with zero attached hydrogens (tertiary/aromatic N) is 2. The Bertz CT molecular complexity index is 1110. The SMILES string of the molecule is COc1cc(C(=O)OCc2cc(=O)n3cc(Br)ccc3n2)cc2c1OCCO2. The fourth-order valence-corrected chi connectivity index (χ4v) is 3.15. The van der Waals surface area contributed by atoms with Crippen molar-refractivity contribution >= 4 is 27.5 Å². The third-order valence-corrected chi connectivity index (χ3v) is 4.56. The van der Waals surface area contributed by atoms with Crippen molar-refractivity contribution < 1.29 is 23.7 Å². The maximum Gasteiger partial charge on any atom is 0.338 e. The third-order valence-electron chi connectivity index (χ3n) is 4.09. The van der Waals surface area contributed by atoms with Gasteiger partial charge in [0, 0.05) is 16.7 Å². The first-order valence-corrected chi connectivity index (χ1v) is 9.17. The molecule has 0 atom stereocenters. The van der Waals surface area contributed by atoms with Crippen molar-refractivity contribution in [1.29, 1.82) is 0 Å². The number of ether oxygens (including phenoxy) is 4. The summed E-state index contributed by atoms with van der Waals surface area (Å²) in [4.78, 5) is 29.0. The summed E-state index contributed by atoms with van der Waals surface area (Å²) in [6, 6.07) is 7.87. The summed E-state index contributed by atoms with van der Waals surface area (Å²) in [5.41, 5.74) is 0.800. The highest BCUT2D eigenvalue weighted by Gasteiger charge is 2.21. The molecule has 1 aromatic carbocycles. The van der Waals surface area contributed by atoms with Crippen LogP contribution in [0.1, 0.15) is 16.1 Å². The monoisotopic (exact) mass is 446 g/mol. The van der Waals surface area contributed by atoms with Crippen molar-refractivity contribution in [2.75, 3.05) is 20.3 Å². The van der Waals surface area contributed by atoms with Gasteiger partial charge in [0.2, 0.25) is 5.75 Å². The maximum atomic E-state index is 12.5. The smallest absolute Gasteiger partial charge is 0.338 e. The van der Waals surface area contributed by atoms with E-state index >= 15 is 0 Å². The Kier molecular flexibility index (Phi) is 4.91. The van der Waals surface area contributed by atoms with Crippen LogP contribution < -0.4 is 19.8 Å². The van der Waals surface area contributed by atoms with E-state index in [1.807, 2.05) is 0 Å². The summed E-state index contributed by atoms with van der Waals surface area (Å²) in [5.74, 6) is 0.677. The van der Waals surface area contributed by atoms with Crippen LogP contribution in [0.15, 0.2) is 45.8 Å². The molecule has 1 aliphatic heterocycles. The number of fused-ring (bicyclic) bond motifs is 2. The second kappa shape index (κ2) is 7.51. The second-order valence-electron chi connectivity index (χ2n) is 5.94. The summed E-state index contributed by atoms with van der Waals surface area (Å²) in [7, 11) is 1.48. The number of aromatic nitrogens is 2. The predicted octanol–water partition coefficient (Wildman–Crippen LogP) is 2.59. The van der Waals surface area contributed by atoms with E-state index < -0.39 is 5.97 Å². The Morgan fingerprint density at radius 1 is 1.25 bits per heavy atom. The fourth-order valence-electron chi connectivity index (χ4n) is 2.81. The van der Waals surface area contributed by atoms with E-state index in [-0.39, 0.29) is 17.7 Å². The summed E-state index contributed by atoms with van der Waals surface area (Å²) < 4.78 is 23.8. The molecule has 0 unspecified atom stereocenters. The lowest BCUT2D eigenvalue weighted by Gasteiger charge is -2.21. The van der Waals surface area contributed by atoms with E-state index in [1.165, 1.54) is 23.6 Å². The Labute approximate surface area is 167 Å². The van der Waals surface area contributed by atoms with Gasteiger partial charge < -0.3 is 18.9 Å². The Morgan fingerprint density at radius 3 is 2.89 bits per heavy atom. The summed E-state index contributed by atoms with van der Waals surface area (Å²) in [6.07, 6.45) is 1.63. The minimum Gasteiger partial charge on any atom is -0.493 e. The van der Waals surface area contributed by atoms with Crippen LogP contribution in [-0.4, -0.2) is 35.7 Å². The fraction of sp³-hybridized carbons (Fsp3) is 0.211. The summed E-state index contributed by atoms with van der Waals surface area (Å²) in [6.45, 7) is 0.653. The molecule has 3 aromatic rings. The quantitative estimate of drug-likeness (QED) is 0.569. The van der Waals surface area contributed by atoms with Gasteiger partial charge in [-0.3, -0.25) is 9.20 Å². The number of methoxy groups -OCH3 is 1. The number of rotatable bonds is 4. The molecular weight excluding hydrogens is 432 g/mol. The van der Waals surface area contributed by atoms with Gasteiger partial charge in [-0.2, -0.15) is 0 Å². The van der Waals surface area contributed by atoms with Crippen LogP contribution in [0.25, 0.3) is 5.65 Å². The largest absolute Gasteiger partial charge is 0.493 e. The Balaban J connectivity index is 1.55. The molecule has 0 saturated heterocycles. The van der Waals surface area contributed by atoms with Crippen LogP contribution in [-0.2, 0) is 11.3 Å². The first-order valence-electron chi connectivity index (χ1n) is 8.38. The minimum atomic E-state index is -0.590. The highest BCUT2D eigenvalue weighted by molar-refractivity contribution is 9.10. The molecule has 0 radical (unpaired) electrons. The highest BCUT2D eigenvalue weighted by Crippen LogP contribution is 2.40. The second-order valence-corrected chi connectivity index (χ2v) is 6.86. The Morgan fingerprint density at radius 2 is 2.07 bits per heavy atom. The molecule has 0 bridgehead atoms. The molecule has 0 spiro atoms. The van der Waals surface area contributed by atoms with Gasteiger partial charge in [0.25, 0.3) is 5.56 Å². The minimum absolute atomic E-state index is 0.141.